The Bertz CT molecular complexity index is 787. The summed E-state index contributed by atoms with van der Waals surface area (Å²) >= 11 is 0. The fourth-order valence-electron chi connectivity index (χ4n) is 2.32. The summed E-state index contributed by atoms with van der Waals surface area (Å²) in [5.41, 5.74) is 0.844. The largest absolute Gasteiger partial charge is 0.497 e. The van der Waals surface area contributed by atoms with Crippen molar-refractivity contribution in [1.82, 2.24) is 0 Å². The summed E-state index contributed by atoms with van der Waals surface area (Å²) in [5.74, 6) is 1.76. The second-order valence-corrected chi connectivity index (χ2v) is 7.33. The Morgan fingerprint density at radius 3 is 1.60 bits per heavy atom. The summed E-state index contributed by atoms with van der Waals surface area (Å²) in [6, 6.07) is 25.5. The number of rotatable bonds is 7. The predicted molar refractivity (Wildman–Crippen MR) is 98.4 cm³/mol. The summed E-state index contributed by atoms with van der Waals surface area (Å²) < 4.78 is 30.1. The Hall–Kier alpha value is -2.71. The van der Waals surface area contributed by atoms with Crippen LogP contribution in [0.5, 0.6) is 17.2 Å². The van der Waals surface area contributed by atoms with Gasteiger partial charge in [0.2, 0.25) is 0 Å². The third kappa shape index (κ3) is 4.88. The van der Waals surface area contributed by atoms with Crippen molar-refractivity contribution in [3.63, 3.8) is 0 Å². The Balaban J connectivity index is 1.85. The molecule has 0 amide bonds. The van der Waals surface area contributed by atoms with Crippen LogP contribution >= 0.6 is 7.60 Å². The summed E-state index contributed by atoms with van der Waals surface area (Å²) in [7, 11) is -1.84. The van der Waals surface area contributed by atoms with Gasteiger partial charge in [0.25, 0.3) is 0 Å². The molecular weight excluding hydrogens is 335 g/mol. The van der Waals surface area contributed by atoms with Gasteiger partial charge < -0.3 is 13.8 Å². The van der Waals surface area contributed by atoms with Crippen LogP contribution in [0.2, 0.25) is 0 Å². The highest BCUT2D eigenvalue weighted by Gasteiger charge is 2.29. The van der Waals surface area contributed by atoms with Crippen molar-refractivity contribution in [1.29, 1.82) is 0 Å². The molecule has 3 rings (SSSR count). The van der Waals surface area contributed by atoms with Crippen molar-refractivity contribution in [3.8, 4) is 17.2 Å². The third-order valence-corrected chi connectivity index (χ3v) is 5.24. The van der Waals surface area contributed by atoms with Crippen LogP contribution in [0, 0.1) is 0 Å². The lowest BCUT2D eigenvalue weighted by Gasteiger charge is -2.20. The van der Waals surface area contributed by atoms with E-state index in [2.05, 4.69) is 0 Å². The molecular formula is C20H19O4P. The van der Waals surface area contributed by atoms with Crippen LogP contribution < -0.4 is 13.8 Å². The number of hydrogen-bond donors (Lipinski definition) is 0. The first-order valence-electron chi connectivity index (χ1n) is 7.88. The topological polar surface area (TPSA) is 44.8 Å². The van der Waals surface area contributed by atoms with E-state index in [0.29, 0.717) is 11.5 Å². The number of methoxy groups -OCH3 is 1. The van der Waals surface area contributed by atoms with E-state index in [0.717, 1.165) is 11.3 Å². The maximum Gasteiger partial charge on any atom is 0.435 e. The van der Waals surface area contributed by atoms with Gasteiger partial charge in [-0.05, 0) is 42.0 Å². The van der Waals surface area contributed by atoms with E-state index in [-0.39, 0.29) is 6.16 Å². The molecule has 0 N–H and O–H groups in total. The van der Waals surface area contributed by atoms with E-state index in [1.165, 1.54) is 0 Å². The van der Waals surface area contributed by atoms with Crippen LogP contribution in [0.15, 0.2) is 84.9 Å². The molecule has 0 aromatic heterocycles. The molecule has 0 saturated heterocycles. The van der Waals surface area contributed by atoms with Crippen molar-refractivity contribution in [2.75, 3.05) is 7.11 Å². The van der Waals surface area contributed by atoms with Crippen molar-refractivity contribution in [2.24, 2.45) is 0 Å². The van der Waals surface area contributed by atoms with Gasteiger partial charge in [0.05, 0.1) is 13.3 Å². The maximum atomic E-state index is 13.4. The molecule has 3 aromatic carbocycles. The van der Waals surface area contributed by atoms with Gasteiger partial charge in [-0.15, -0.1) is 0 Å². The minimum Gasteiger partial charge on any atom is -0.497 e. The molecule has 4 nitrogen and oxygen atoms in total. The van der Waals surface area contributed by atoms with Crippen LogP contribution in [-0.2, 0) is 10.7 Å². The number of benzene rings is 3. The fourth-order valence-corrected chi connectivity index (χ4v) is 4.03. The standard InChI is InChI=1S/C20H19O4P/c1-22-18-14-12-17(13-15-18)16-25(21,23-19-8-4-2-5-9-19)24-20-10-6-3-7-11-20/h2-15H,16H2,1H3. The molecule has 25 heavy (non-hydrogen) atoms. The zero-order valence-electron chi connectivity index (χ0n) is 13.9. The monoisotopic (exact) mass is 354 g/mol. The molecule has 0 bridgehead atoms. The number of hydrogen-bond acceptors (Lipinski definition) is 4. The average molecular weight is 354 g/mol. The number of ether oxygens (including phenoxy) is 1. The lowest BCUT2D eigenvalue weighted by atomic mass is 10.2. The van der Waals surface area contributed by atoms with E-state index >= 15 is 0 Å². The molecule has 0 aliphatic rings. The van der Waals surface area contributed by atoms with E-state index in [1.807, 2.05) is 60.7 Å². The molecule has 5 heteroatoms. The Morgan fingerprint density at radius 2 is 1.16 bits per heavy atom. The van der Waals surface area contributed by atoms with Crippen molar-refractivity contribution in [3.05, 3.63) is 90.5 Å². The number of para-hydroxylation sites is 2. The zero-order chi connectivity index (χ0) is 17.5. The molecule has 0 spiro atoms. The first-order chi connectivity index (χ1) is 12.2. The molecule has 0 unspecified atom stereocenters. The first-order valence-corrected chi connectivity index (χ1v) is 9.61. The summed E-state index contributed by atoms with van der Waals surface area (Å²) in [4.78, 5) is 0. The van der Waals surface area contributed by atoms with Gasteiger partial charge in [-0.2, -0.15) is 0 Å². The van der Waals surface area contributed by atoms with Gasteiger partial charge in [0.1, 0.15) is 17.2 Å². The fraction of sp³-hybridized carbons (Fsp3) is 0.100. The smallest absolute Gasteiger partial charge is 0.435 e. The second kappa shape index (κ2) is 7.91. The quantitative estimate of drug-likeness (QED) is 0.522. The zero-order valence-corrected chi connectivity index (χ0v) is 14.8. The molecule has 3 aromatic rings. The SMILES string of the molecule is COc1ccc(CP(=O)(Oc2ccccc2)Oc2ccccc2)cc1. The molecule has 0 atom stereocenters. The highest BCUT2D eigenvalue weighted by atomic mass is 31.2. The third-order valence-electron chi connectivity index (χ3n) is 3.51. The van der Waals surface area contributed by atoms with Gasteiger partial charge in [-0.3, -0.25) is 0 Å². The minimum absolute atomic E-state index is 0.154. The summed E-state index contributed by atoms with van der Waals surface area (Å²) in [6.45, 7) is 0. The average Bonchev–Trinajstić information content (AvgIpc) is 2.64. The Kier molecular flexibility index (Phi) is 5.42. The van der Waals surface area contributed by atoms with Crippen LogP contribution in [0.25, 0.3) is 0 Å². The molecule has 0 fully saturated rings. The van der Waals surface area contributed by atoms with Gasteiger partial charge in [-0.25, -0.2) is 4.57 Å². The molecule has 0 saturated carbocycles. The van der Waals surface area contributed by atoms with E-state index in [9.17, 15) is 4.57 Å². The van der Waals surface area contributed by atoms with Crippen LogP contribution in [-0.4, -0.2) is 7.11 Å². The minimum atomic E-state index is -3.45. The van der Waals surface area contributed by atoms with Crippen LogP contribution in [0.3, 0.4) is 0 Å². The molecule has 128 valence electrons. The normalized spacial score (nSPS) is 10.9. The van der Waals surface area contributed by atoms with E-state index < -0.39 is 7.60 Å². The highest BCUT2D eigenvalue weighted by molar-refractivity contribution is 7.53. The van der Waals surface area contributed by atoms with E-state index in [4.69, 9.17) is 13.8 Å². The Labute approximate surface area is 147 Å². The summed E-state index contributed by atoms with van der Waals surface area (Å²) in [5, 5.41) is 0. The molecule has 0 aliphatic heterocycles. The lowest BCUT2D eigenvalue weighted by molar-refractivity contribution is 0.384. The molecule has 0 aliphatic carbocycles. The van der Waals surface area contributed by atoms with Crippen LogP contribution in [0.4, 0.5) is 0 Å². The van der Waals surface area contributed by atoms with Gasteiger partial charge in [0, 0.05) is 0 Å². The predicted octanol–water partition coefficient (Wildman–Crippen LogP) is 5.55. The first kappa shape index (κ1) is 17.1. The second-order valence-electron chi connectivity index (χ2n) is 5.43. The van der Waals surface area contributed by atoms with Crippen molar-refractivity contribution in [2.45, 2.75) is 6.16 Å². The van der Waals surface area contributed by atoms with Crippen LogP contribution in [0.1, 0.15) is 5.56 Å². The highest BCUT2D eigenvalue weighted by Crippen LogP contribution is 2.51. The van der Waals surface area contributed by atoms with Gasteiger partial charge in [0.15, 0.2) is 0 Å². The van der Waals surface area contributed by atoms with Crippen molar-refractivity contribution < 1.29 is 18.3 Å². The molecule has 0 radical (unpaired) electrons. The van der Waals surface area contributed by atoms with E-state index in [1.54, 1.807) is 31.4 Å². The lowest BCUT2D eigenvalue weighted by Crippen LogP contribution is -2.04. The maximum absolute atomic E-state index is 13.4. The Morgan fingerprint density at radius 1 is 0.680 bits per heavy atom. The van der Waals surface area contributed by atoms with Gasteiger partial charge >= 0.3 is 7.60 Å². The summed E-state index contributed by atoms with van der Waals surface area (Å²) in [6.07, 6.45) is 0.154. The molecule has 0 heterocycles. The van der Waals surface area contributed by atoms with Crippen molar-refractivity contribution >= 4 is 7.60 Å². The van der Waals surface area contributed by atoms with Gasteiger partial charge in [-0.1, -0.05) is 48.5 Å².